The van der Waals surface area contributed by atoms with Crippen LogP contribution in [-0.2, 0) is 4.74 Å². The monoisotopic (exact) mass is 216 g/mol. The Morgan fingerprint density at radius 2 is 2.43 bits per heavy atom. The molecule has 2 saturated heterocycles. The first-order chi connectivity index (χ1) is 6.86. The van der Waals surface area contributed by atoms with E-state index in [0.29, 0.717) is 0 Å². The minimum Gasteiger partial charge on any atom is -0.358 e. The van der Waals surface area contributed by atoms with Gasteiger partial charge in [0.1, 0.15) is 6.23 Å². The fraction of sp³-hybridized carbons (Fsp3) is 0.889. The Balaban J connectivity index is 1.75. The second-order valence-electron chi connectivity index (χ2n) is 3.61. The number of amides is 2. The van der Waals surface area contributed by atoms with Crippen molar-refractivity contribution in [2.24, 2.45) is 0 Å². The molecule has 2 fully saturated rings. The standard InChI is InChI=1S/C9H16N2O2S/c12-9(11-4-6-14-7-11)10-8-3-1-2-5-13-8/h8H,1-7H2,(H,10,12). The number of carbonyl (C=O) groups excluding carboxylic acids is 1. The molecule has 2 aliphatic heterocycles. The molecule has 0 saturated carbocycles. The number of hydrogen-bond donors (Lipinski definition) is 1. The number of ether oxygens (including phenoxy) is 1. The molecule has 0 aromatic carbocycles. The average molecular weight is 216 g/mol. The van der Waals surface area contributed by atoms with Gasteiger partial charge >= 0.3 is 6.03 Å². The van der Waals surface area contributed by atoms with E-state index < -0.39 is 0 Å². The van der Waals surface area contributed by atoms with Crippen molar-refractivity contribution in [1.29, 1.82) is 0 Å². The van der Waals surface area contributed by atoms with Gasteiger partial charge in [0, 0.05) is 18.9 Å². The number of nitrogens with zero attached hydrogens (tertiary/aromatic N) is 1. The summed E-state index contributed by atoms with van der Waals surface area (Å²) >= 11 is 1.80. The number of urea groups is 1. The number of thioether (sulfide) groups is 1. The zero-order valence-corrected chi connectivity index (χ0v) is 9.02. The van der Waals surface area contributed by atoms with Gasteiger partial charge in [-0.1, -0.05) is 0 Å². The van der Waals surface area contributed by atoms with Crippen LogP contribution in [0.5, 0.6) is 0 Å². The second-order valence-corrected chi connectivity index (χ2v) is 4.68. The normalized spacial score (nSPS) is 27.7. The molecule has 0 radical (unpaired) electrons. The molecule has 0 aromatic rings. The molecule has 1 atom stereocenters. The predicted molar refractivity (Wildman–Crippen MR) is 56.2 cm³/mol. The van der Waals surface area contributed by atoms with Crippen molar-refractivity contribution in [3.8, 4) is 0 Å². The lowest BCUT2D eigenvalue weighted by molar-refractivity contribution is 0.00000415. The van der Waals surface area contributed by atoms with Gasteiger partial charge in [-0.2, -0.15) is 0 Å². The molecule has 1 N–H and O–H groups in total. The third-order valence-electron chi connectivity index (χ3n) is 2.50. The summed E-state index contributed by atoms with van der Waals surface area (Å²) in [5.74, 6) is 1.87. The maximum atomic E-state index is 11.6. The summed E-state index contributed by atoms with van der Waals surface area (Å²) in [7, 11) is 0. The molecule has 0 bridgehead atoms. The zero-order chi connectivity index (χ0) is 9.80. The number of rotatable bonds is 1. The van der Waals surface area contributed by atoms with Crippen LogP contribution in [0.4, 0.5) is 4.79 Å². The summed E-state index contributed by atoms with van der Waals surface area (Å²) in [5, 5.41) is 2.91. The van der Waals surface area contributed by atoms with Gasteiger partial charge in [-0.25, -0.2) is 4.79 Å². The lowest BCUT2D eigenvalue weighted by atomic mass is 10.2. The molecule has 2 rings (SSSR count). The smallest absolute Gasteiger partial charge is 0.320 e. The van der Waals surface area contributed by atoms with Gasteiger partial charge in [-0.15, -0.1) is 11.8 Å². The van der Waals surface area contributed by atoms with Crippen LogP contribution in [0.25, 0.3) is 0 Å². The highest BCUT2D eigenvalue weighted by Crippen LogP contribution is 2.15. The molecule has 2 amide bonds. The zero-order valence-electron chi connectivity index (χ0n) is 8.20. The van der Waals surface area contributed by atoms with E-state index in [1.165, 1.54) is 0 Å². The van der Waals surface area contributed by atoms with Crippen LogP contribution in [0.1, 0.15) is 19.3 Å². The van der Waals surface area contributed by atoms with Gasteiger partial charge in [-0.05, 0) is 19.3 Å². The highest BCUT2D eigenvalue weighted by molar-refractivity contribution is 7.99. The van der Waals surface area contributed by atoms with Gasteiger partial charge in [0.2, 0.25) is 0 Å². The average Bonchev–Trinajstić information content (AvgIpc) is 2.72. The topological polar surface area (TPSA) is 41.6 Å². The maximum absolute atomic E-state index is 11.6. The van der Waals surface area contributed by atoms with E-state index in [0.717, 1.165) is 44.0 Å². The summed E-state index contributed by atoms with van der Waals surface area (Å²) in [4.78, 5) is 13.5. The van der Waals surface area contributed by atoms with E-state index in [4.69, 9.17) is 4.74 Å². The summed E-state index contributed by atoms with van der Waals surface area (Å²) in [5.41, 5.74) is 0. The highest BCUT2D eigenvalue weighted by Gasteiger charge is 2.22. The maximum Gasteiger partial charge on any atom is 0.320 e. The van der Waals surface area contributed by atoms with Gasteiger partial charge in [0.05, 0.1) is 5.88 Å². The Kier molecular flexibility index (Phi) is 3.53. The van der Waals surface area contributed by atoms with Crippen molar-refractivity contribution < 1.29 is 9.53 Å². The van der Waals surface area contributed by atoms with Crippen LogP contribution in [-0.4, -0.2) is 41.9 Å². The second kappa shape index (κ2) is 4.89. The highest BCUT2D eigenvalue weighted by atomic mass is 32.2. The first kappa shape index (κ1) is 10.1. The summed E-state index contributed by atoms with van der Waals surface area (Å²) in [6.07, 6.45) is 3.17. The molecule has 2 aliphatic rings. The molecule has 2 heterocycles. The number of nitrogens with one attached hydrogen (secondary N) is 1. The number of hydrogen-bond acceptors (Lipinski definition) is 3. The predicted octanol–water partition coefficient (Wildman–Crippen LogP) is 1.23. The molecule has 4 nitrogen and oxygen atoms in total. The Labute approximate surface area is 88.4 Å². The molecule has 5 heteroatoms. The summed E-state index contributed by atoms with van der Waals surface area (Å²) < 4.78 is 5.44. The summed E-state index contributed by atoms with van der Waals surface area (Å²) in [6.45, 7) is 1.64. The Bertz CT molecular complexity index is 201. The first-order valence-electron chi connectivity index (χ1n) is 5.11. The largest absolute Gasteiger partial charge is 0.358 e. The molecular formula is C9H16N2O2S. The Morgan fingerprint density at radius 1 is 1.50 bits per heavy atom. The van der Waals surface area contributed by atoms with Crippen molar-refractivity contribution in [2.45, 2.75) is 25.5 Å². The minimum absolute atomic E-state index is 0.0295. The van der Waals surface area contributed by atoms with E-state index in [1.807, 2.05) is 4.90 Å². The molecule has 0 aliphatic carbocycles. The number of carbonyl (C=O) groups is 1. The fourth-order valence-electron chi connectivity index (χ4n) is 1.66. The molecule has 14 heavy (non-hydrogen) atoms. The fourth-order valence-corrected chi connectivity index (χ4v) is 2.60. The van der Waals surface area contributed by atoms with Crippen molar-refractivity contribution in [2.75, 3.05) is 24.8 Å². The quantitative estimate of drug-likeness (QED) is 0.717. The lowest BCUT2D eigenvalue weighted by Crippen LogP contribution is -2.45. The Hall–Kier alpha value is -0.420. The van der Waals surface area contributed by atoms with Crippen molar-refractivity contribution in [1.82, 2.24) is 10.2 Å². The van der Waals surface area contributed by atoms with E-state index in [2.05, 4.69) is 5.32 Å². The van der Waals surface area contributed by atoms with Crippen LogP contribution in [0.3, 0.4) is 0 Å². The summed E-state index contributed by atoms with van der Waals surface area (Å²) in [6, 6.07) is 0.0295. The van der Waals surface area contributed by atoms with Gasteiger partial charge in [-0.3, -0.25) is 0 Å². The van der Waals surface area contributed by atoms with Crippen molar-refractivity contribution in [3.63, 3.8) is 0 Å². The minimum atomic E-state index is -0.0538. The Morgan fingerprint density at radius 3 is 3.07 bits per heavy atom. The van der Waals surface area contributed by atoms with E-state index >= 15 is 0 Å². The molecule has 0 spiro atoms. The third-order valence-corrected chi connectivity index (χ3v) is 3.47. The SMILES string of the molecule is O=C(NC1CCCCO1)N1CCSC1. The van der Waals surface area contributed by atoms with E-state index in [1.54, 1.807) is 11.8 Å². The van der Waals surface area contributed by atoms with Crippen LogP contribution in [0, 0.1) is 0 Å². The van der Waals surface area contributed by atoms with Gasteiger partial charge in [0.15, 0.2) is 0 Å². The van der Waals surface area contributed by atoms with E-state index in [-0.39, 0.29) is 12.3 Å². The van der Waals surface area contributed by atoms with E-state index in [9.17, 15) is 4.79 Å². The molecular weight excluding hydrogens is 200 g/mol. The van der Waals surface area contributed by atoms with Gasteiger partial charge < -0.3 is 15.0 Å². The van der Waals surface area contributed by atoms with Crippen LogP contribution >= 0.6 is 11.8 Å². The lowest BCUT2D eigenvalue weighted by Gasteiger charge is -2.25. The van der Waals surface area contributed by atoms with Gasteiger partial charge in [0.25, 0.3) is 0 Å². The first-order valence-corrected chi connectivity index (χ1v) is 6.26. The van der Waals surface area contributed by atoms with Crippen LogP contribution in [0.2, 0.25) is 0 Å². The molecule has 0 aromatic heterocycles. The molecule has 80 valence electrons. The van der Waals surface area contributed by atoms with Crippen molar-refractivity contribution in [3.05, 3.63) is 0 Å². The van der Waals surface area contributed by atoms with Crippen LogP contribution < -0.4 is 5.32 Å². The molecule has 1 unspecified atom stereocenters. The van der Waals surface area contributed by atoms with Crippen molar-refractivity contribution >= 4 is 17.8 Å². The third kappa shape index (κ3) is 2.54. The van der Waals surface area contributed by atoms with Crippen LogP contribution in [0.15, 0.2) is 0 Å².